The number of carbonyl (C=O) groups is 3. The van der Waals surface area contributed by atoms with E-state index in [2.05, 4.69) is 10.9 Å². The molecule has 0 bridgehead atoms. The van der Waals surface area contributed by atoms with E-state index in [0.717, 1.165) is 22.4 Å². The third-order valence-electron chi connectivity index (χ3n) is 4.71. The van der Waals surface area contributed by atoms with Crippen molar-refractivity contribution in [3.63, 3.8) is 0 Å². The van der Waals surface area contributed by atoms with Gasteiger partial charge in [0.05, 0.1) is 5.56 Å². The largest absolute Gasteiger partial charge is 0.483 e. The first-order chi connectivity index (χ1) is 14.7. The lowest BCUT2D eigenvalue weighted by Crippen LogP contribution is -2.43. The number of benzene rings is 2. The molecule has 1 aliphatic heterocycles. The van der Waals surface area contributed by atoms with Crippen molar-refractivity contribution in [3.8, 4) is 5.75 Å². The van der Waals surface area contributed by atoms with E-state index in [9.17, 15) is 22.8 Å². The predicted octanol–water partition coefficient (Wildman–Crippen LogP) is 1.64. The van der Waals surface area contributed by atoms with Crippen molar-refractivity contribution in [1.82, 2.24) is 15.2 Å². The number of hydrazine groups is 1. The van der Waals surface area contributed by atoms with E-state index in [-0.39, 0.29) is 22.6 Å². The minimum absolute atomic E-state index is 0.0114. The van der Waals surface area contributed by atoms with E-state index < -0.39 is 33.8 Å². The van der Waals surface area contributed by atoms with Gasteiger partial charge in [0, 0.05) is 11.6 Å². The van der Waals surface area contributed by atoms with Gasteiger partial charge < -0.3 is 4.74 Å². The van der Waals surface area contributed by atoms with Crippen LogP contribution in [0.15, 0.2) is 47.4 Å². The summed E-state index contributed by atoms with van der Waals surface area (Å²) in [7, 11) is -4.03. The Kier molecular flexibility index (Phi) is 6.30. The van der Waals surface area contributed by atoms with Crippen LogP contribution in [0.2, 0.25) is 0 Å². The third-order valence-corrected chi connectivity index (χ3v) is 6.71. The maximum atomic E-state index is 12.6. The highest BCUT2D eigenvalue weighted by atomic mass is 32.2. The average molecular weight is 445 g/mol. The number of fused-ring (bicyclic) bond motifs is 1. The van der Waals surface area contributed by atoms with Crippen molar-refractivity contribution in [1.29, 1.82) is 0 Å². The van der Waals surface area contributed by atoms with Crippen LogP contribution < -0.4 is 15.6 Å². The van der Waals surface area contributed by atoms with Gasteiger partial charge in [-0.2, -0.15) is 0 Å². The number of rotatable bonds is 6. The Balaban J connectivity index is 1.64. The van der Waals surface area contributed by atoms with Crippen LogP contribution >= 0.6 is 0 Å². The molecule has 2 aromatic carbocycles. The van der Waals surface area contributed by atoms with Gasteiger partial charge in [-0.1, -0.05) is 25.1 Å². The summed E-state index contributed by atoms with van der Waals surface area (Å²) in [5, 5.41) is 0. The summed E-state index contributed by atoms with van der Waals surface area (Å²) in [6.45, 7) is 4.83. The van der Waals surface area contributed by atoms with Crippen LogP contribution in [0.1, 0.15) is 47.1 Å². The van der Waals surface area contributed by atoms with Gasteiger partial charge in [-0.15, -0.1) is 0 Å². The molecule has 0 saturated heterocycles. The molecule has 2 aromatic rings. The molecule has 0 spiro atoms. The van der Waals surface area contributed by atoms with Crippen LogP contribution in [0.4, 0.5) is 0 Å². The number of nitrogens with zero attached hydrogens (tertiary/aromatic N) is 1. The number of hydrogen-bond donors (Lipinski definition) is 2. The standard InChI is InChI=1S/C21H23N3O6S/c1-4-14-7-5-6-8-17(14)30-12-19(25)22-23-20(26)15-9-10-16-18(11-15)31(28,29)24(13(2)3)21(16)27/h5-11,13H,4,12H2,1-3H3,(H,22,25)(H,23,26). The van der Waals surface area contributed by atoms with E-state index in [1.54, 1.807) is 26.0 Å². The molecule has 0 aromatic heterocycles. The minimum Gasteiger partial charge on any atom is -0.483 e. The number of nitrogens with one attached hydrogen (secondary N) is 2. The first-order valence-corrected chi connectivity index (χ1v) is 11.1. The first-order valence-electron chi connectivity index (χ1n) is 9.69. The molecular weight excluding hydrogens is 422 g/mol. The van der Waals surface area contributed by atoms with Crippen LogP contribution in [0.25, 0.3) is 0 Å². The minimum atomic E-state index is -4.03. The first kappa shape index (κ1) is 22.3. The van der Waals surface area contributed by atoms with Crippen LogP contribution in [0.3, 0.4) is 0 Å². The second kappa shape index (κ2) is 8.76. The molecule has 164 valence electrons. The van der Waals surface area contributed by atoms with Gasteiger partial charge in [-0.25, -0.2) is 12.7 Å². The molecule has 0 saturated carbocycles. The number of para-hydroxylation sites is 1. The second-order valence-corrected chi connectivity index (χ2v) is 8.95. The number of aryl methyl sites for hydroxylation is 1. The maximum absolute atomic E-state index is 12.6. The normalized spacial score (nSPS) is 14.3. The lowest BCUT2D eigenvalue weighted by atomic mass is 10.1. The molecule has 0 radical (unpaired) electrons. The molecule has 1 aliphatic rings. The maximum Gasteiger partial charge on any atom is 0.276 e. The fourth-order valence-electron chi connectivity index (χ4n) is 3.21. The summed E-state index contributed by atoms with van der Waals surface area (Å²) in [6, 6.07) is 10.5. The zero-order valence-electron chi connectivity index (χ0n) is 17.3. The summed E-state index contributed by atoms with van der Waals surface area (Å²) in [5.74, 6) is -1.37. The van der Waals surface area contributed by atoms with E-state index in [0.29, 0.717) is 5.75 Å². The van der Waals surface area contributed by atoms with Gasteiger partial charge in [0.15, 0.2) is 6.61 Å². The smallest absolute Gasteiger partial charge is 0.276 e. The highest BCUT2D eigenvalue weighted by Crippen LogP contribution is 2.32. The Hall–Kier alpha value is -3.40. The zero-order chi connectivity index (χ0) is 22.8. The van der Waals surface area contributed by atoms with Crippen molar-refractivity contribution in [2.45, 2.75) is 38.1 Å². The number of carbonyl (C=O) groups excluding carboxylic acids is 3. The molecule has 0 aliphatic carbocycles. The predicted molar refractivity (Wildman–Crippen MR) is 112 cm³/mol. The average Bonchev–Trinajstić information content (AvgIpc) is 2.95. The molecule has 0 atom stereocenters. The molecule has 2 N–H and O–H groups in total. The Labute approximate surface area is 180 Å². The van der Waals surface area contributed by atoms with Crippen molar-refractivity contribution >= 4 is 27.7 Å². The lowest BCUT2D eigenvalue weighted by Gasteiger charge is -2.18. The topological polar surface area (TPSA) is 122 Å². The highest BCUT2D eigenvalue weighted by molar-refractivity contribution is 7.90. The molecule has 3 amide bonds. The van der Waals surface area contributed by atoms with Crippen molar-refractivity contribution in [2.24, 2.45) is 0 Å². The summed E-state index contributed by atoms with van der Waals surface area (Å²) >= 11 is 0. The van der Waals surface area contributed by atoms with Crippen molar-refractivity contribution in [3.05, 3.63) is 59.2 Å². The summed E-state index contributed by atoms with van der Waals surface area (Å²) < 4.78 is 31.5. The Morgan fingerprint density at radius 2 is 1.81 bits per heavy atom. The summed E-state index contributed by atoms with van der Waals surface area (Å²) in [4.78, 5) is 36.5. The van der Waals surface area contributed by atoms with Crippen LogP contribution in [-0.2, 0) is 21.2 Å². The van der Waals surface area contributed by atoms with Gasteiger partial charge in [-0.3, -0.25) is 25.2 Å². The molecule has 10 heteroatoms. The van der Waals surface area contributed by atoms with E-state index in [1.807, 2.05) is 19.1 Å². The quantitative estimate of drug-likeness (QED) is 0.652. The lowest BCUT2D eigenvalue weighted by molar-refractivity contribution is -0.123. The molecular formula is C21H23N3O6S. The van der Waals surface area contributed by atoms with Crippen LogP contribution in [-0.4, -0.2) is 43.1 Å². The fourth-order valence-corrected chi connectivity index (χ4v) is 5.01. The zero-order valence-corrected chi connectivity index (χ0v) is 18.2. The SMILES string of the molecule is CCc1ccccc1OCC(=O)NNC(=O)c1ccc2c(c1)S(=O)(=O)N(C(C)C)C2=O. The molecule has 9 nitrogen and oxygen atoms in total. The van der Waals surface area contributed by atoms with Crippen molar-refractivity contribution in [2.75, 3.05) is 6.61 Å². The number of sulfonamides is 1. The van der Waals surface area contributed by atoms with Crippen LogP contribution in [0, 0.1) is 0 Å². The summed E-state index contributed by atoms with van der Waals surface area (Å²) in [5.41, 5.74) is 5.38. The van der Waals surface area contributed by atoms with E-state index in [1.165, 1.54) is 12.1 Å². The van der Waals surface area contributed by atoms with Crippen LogP contribution in [0.5, 0.6) is 5.75 Å². The summed E-state index contributed by atoms with van der Waals surface area (Å²) in [6.07, 6.45) is 0.743. The number of hydrogen-bond acceptors (Lipinski definition) is 6. The fraction of sp³-hybridized carbons (Fsp3) is 0.286. The number of ether oxygens (including phenoxy) is 1. The molecule has 0 unspecified atom stereocenters. The monoisotopic (exact) mass is 445 g/mol. The Morgan fingerprint density at radius 3 is 2.48 bits per heavy atom. The highest BCUT2D eigenvalue weighted by Gasteiger charge is 2.42. The third kappa shape index (κ3) is 4.38. The van der Waals surface area contributed by atoms with Gasteiger partial charge >= 0.3 is 0 Å². The molecule has 0 fully saturated rings. The molecule has 31 heavy (non-hydrogen) atoms. The van der Waals surface area contributed by atoms with Crippen molar-refractivity contribution < 1.29 is 27.5 Å². The van der Waals surface area contributed by atoms with Gasteiger partial charge in [0.1, 0.15) is 10.6 Å². The second-order valence-electron chi connectivity index (χ2n) is 7.16. The molecule has 1 heterocycles. The molecule has 3 rings (SSSR count). The van der Waals surface area contributed by atoms with E-state index >= 15 is 0 Å². The van der Waals surface area contributed by atoms with Gasteiger partial charge in [0.2, 0.25) is 0 Å². The Bertz CT molecular complexity index is 1140. The van der Waals surface area contributed by atoms with Gasteiger partial charge in [-0.05, 0) is 50.1 Å². The van der Waals surface area contributed by atoms with E-state index in [4.69, 9.17) is 4.74 Å². The Morgan fingerprint density at radius 1 is 1.10 bits per heavy atom. The van der Waals surface area contributed by atoms with Gasteiger partial charge in [0.25, 0.3) is 27.7 Å². The number of amides is 3.